The molecule has 0 bridgehead atoms. The van der Waals surface area contributed by atoms with Gasteiger partial charge in [0.2, 0.25) is 0 Å². The smallest absolute Gasteiger partial charge is 0.295 e. The molecule has 0 spiro atoms. The summed E-state index contributed by atoms with van der Waals surface area (Å²) in [6, 6.07) is 13.9. The number of Topliss-reactive ketones (excluding diaryl/α,β-unsaturated/α-hetero) is 1. The number of rotatable bonds is 3. The van der Waals surface area contributed by atoms with Gasteiger partial charge in [0.25, 0.3) is 11.7 Å². The Morgan fingerprint density at radius 3 is 2.36 bits per heavy atom. The van der Waals surface area contributed by atoms with Crippen LogP contribution in [0.5, 0.6) is 0 Å². The Bertz CT molecular complexity index is 1060. The zero-order valence-electron chi connectivity index (χ0n) is 16.6. The molecule has 1 amide bonds. The summed E-state index contributed by atoms with van der Waals surface area (Å²) < 4.78 is 0. The number of H-pyrrole nitrogens is 1. The van der Waals surface area contributed by atoms with Crippen LogP contribution in [-0.2, 0) is 4.79 Å². The molecule has 144 valence electrons. The van der Waals surface area contributed by atoms with Crippen molar-refractivity contribution in [2.45, 2.75) is 20.8 Å². The highest BCUT2D eigenvalue weighted by atomic mass is 16.2. The molecule has 0 unspecified atom stereocenters. The van der Waals surface area contributed by atoms with E-state index in [1.807, 2.05) is 31.2 Å². The molecule has 28 heavy (non-hydrogen) atoms. The molecule has 1 saturated heterocycles. The lowest BCUT2D eigenvalue weighted by Gasteiger charge is -2.36. The van der Waals surface area contributed by atoms with Crippen molar-refractivity contribution in [3.05, 3.63) is 64.8 Å². The average molecular weight is 375 g/mol. The Labute approximate surface area is 165 Å². The lowest BCUT2D eigenvalue weighted by atomic mass is 10.0. The Hall–Kier alpha value is -3.08. The van der Waals surface area contributed by atoms with Crippen molar-refractivity contribution in [3.63, 3.8) is 0 Å². The number of carbonyl (C=O) groups is 2. The van der Waals surface area contributed by atoms with Crippen LogP contribution in [-0.4, -0.2) is 47.8 Å². The van der Waals surface area contributed by atoms with Gasteiger partial charge in [0.05, 0.1) is 5.56 Å². The van der Waals surface area contributed by atoms with Gasteiger partial charge in [0.1, 0.15) is 0 Å². The summed E-state index contributed by atoms with van der Waals surface area (Å²) in [4.78, 5) is 33.1. The zero-order chi connectivity index (χ0) is 19.8. The molecule has 5 heteroatoms. The van der Waals surface area contributed by atoms with Crippen LogP contribution in [0.25, 0.3) is 10.9 Å². The fourth-order valence-electron chi connectivity index (χ4n) is 4.05. The highest BCUT2D eigenvalue weighted by Gasteiger charge is 2.29. The van der Waals surface area contributed by atoms with E-state index in [2.05, 4.69) is 41.9 Å². The first-order valence-corrected chi connectivity index (χ1v) is 9.69. The lowest BCUT2D eigenvalue weighted by Crippen LogP contribution is -2.50. The molecule has 1 aliphatic rings. The van der Waals surface area contributed by atoms with Crippen molar-refractivity contribution in [1.82, 2.24) is 9.88 Å². The minimum Gasteiger partial charge on any atom is -0.368 e. The second kappa shape index (κ2) is 7.15. The van der Waals surface area contributed by atoms with Crippen LogP contribution in [0.1, 0.15) is 27.2 Å². The number of aromatic amines is 1. The Kier molecular flexibility index (Phi) is 4.67. The van der Waals surface area contributed by atoms with Gasteiger partial charge in [-0.2, -0.15) is 0 Å². The first-order valence-electron chi connectivity index (χ1n) is 9.69. The monoisotopic (exact) mass is 375 g/mol. The average Bonchev–Trinajstić information content (AvgIpc) is 3.05. The van der Waals surface area contributed by atoms with Gasteiger partial charge in [-0.3, -0.25) is 9.59 Å². The number of nitrogens with zero attached hydrogens (tertiary/aromatic N) is 2. The summed E-state index contributed by atoms with van der Waals surface area (Å²) in [6.45, 7) is 8.66. The number of ketones is 1. The maximum atomic E-state index is 13.0. The topological polar surface area (TPSA) is 56.4 Å². The van der Waals surface area contributed by atoms with Crippen LogP contribution >= 0.6 is 0 Å². The van der Waals surface area contributed by atoms with E-state index in [9.17, 15) is 9.59 Å². The summed E-state index contributed by atoms with van der Waals surface area (Å²) in [7, 11) is 0. The molecule has 5 nitrogen and oxygen atoms in total. The summed E-state index contributed by atoms with van der Waals surface area (Å²) in [5.74, 6) is -0.830. The number of anilines is 1. The number of nitrogens with one attached hydrogen (secondary N) is 1. The maximum Gasteiger partial charge on any atom is 0.295 e. The third-order valence-electron chi connectivity index (χ3n) is 5.80. The molecule has 2 heterocycles. The number of benzene rings is 2. The molecule has 4 rings (SSSR count). The van der Waals surface area contributed by atoms with Crippen molar-refractivity contribution >= 4 is 28.3 Å². The standard InChI is InChI=1S/C23H25N3O2/c1-15-7-6-10-20(16(15)2)25-11-13-26(14-12-25)23(28)22(27)21-17(3)24-19-9-5-4-8-18(19)21/h4-10,24H,11-14H2,1-3H3. The molecule has 0 atom stereocenters. The fourth-order valence-corrected chi connectivity index (χ4v) is 4.05. The number of hydrogen-bond donors (Lipinski definition) is 1. The second-order valence-electron chi connectivity index (χ2n) is 7.50. The van der Waals surface area contributed by atoms with Crippen LogP contribution < -0.4 is 4.90 Å². The molecule has 0 radical (unpaired) electrons. The van der Waals surface area contributed by atoms with Crippen LogP contribution in [0, 0.1) is 20.8 Å². The van der Waals surface area contributed by atoms with Crippen LogP contribution in [0.2, 0.25) is 0 Å². The molecule has 1 aliphatic heterocycles. The van der Waals surface area contributed by atoms with Crippen molar-refractivity contribution in [3.8, 4) is 0 Å². The third-order valence-corrected chi connectivity index (χ3v) is 5.80. The largest absolute Gasteiger partial charge is 0.368 e. The quantitative estimate of drug-likeness (QED) is 0.562. The first kappa shape index (κ1) is 18.3. The van der Waals surface area contributed by atoms with E-state index in [4.69, 9.17) is 0 Å². The number of aryl methyl sites for hydroxylation is 2. The van der Waals surface area contributed by atoms with Gasteiger partial charge in [0, 0.05) is 48.5 Å². The SMILES string of the molecule is Cc1cccc(N2CCN(C(=O)C(=O)c3c(C)[nH]c4ccccc34)CC2)c1C. The Morgan fingerprint density at radius 1 is 0.893 bits per heavy atom. The third kappa shape index (κ3) is 3.07. The van der Waals surface area contributed by atoms with Gasteiger partial charge in [0.15, 0.2) is 0 Å². The number of para-hydroxylation sites is 1. The van der Waals surface area contributed by atoms with E-state index in [0.29, 0.717) is 18.7 Å². The predicted molar refractivity (Wildman–Crippen MR) is 112 cm³/mol. The molecule has 1 fully saturated rings. The second-order valence-corrected chi connectivity index (χ2v) is 7.50. The first-order chi connectivity index (χ1) is 13.5. The van der Waals surface area contributed by atoms with Crippen molar-refractivity contribution in [2.75, 3.05) is 31.1 Å². The van der Waals surface area contributed by atoms with E-state index in [1.165, 1.54) is 16.8 Å². The number of carbonyl (C=O) groups excluding carboxylic acids is 2. The van der Waals surface area contributed by atoms with Gasteiger partial charge in [-0.15, -0.1) is 0 Å². The van der Waals surface area contributed by atoms with Crippen LogP contribution in [0.15, 0.2) is 42.5 Å². The minimum atomic E-state index is -0.421. The highest BCUT2D eigenvalue weighted by molar-refractivity contribution is 6.45. The van der Waals surface area contributed by atoms with E-state index in [1.54, 1.807) is 4.90 Å². The number of aromatic nitrogens is 1. The molecule has 0 aliphatic carbocycles. The molecular formula is C23H25N3O2. The summed E-state index contributed by atoms with van der Waals surface area (Å²) in [5.41, 5.74) is 5.88. The highest BCUT2D eigenvalue weighted by Crippen LogP contribution is 2.25. The van der Waals surface area contributed by atoms with Crippen LogP contribution in [0.3, 0.4) is 0 Å². The summed E-state index contributed by atoms with van der Waals surface area (Å²) in [6.07, 6.45) is 0. The number of piperazine rings is 1. The van der Waals surface area contributed by atoms with Crippen molar-refractivity contribution in [1.29, 1.82) is 0 Å². The van der Waals surface area contributed by atoms with Gasteiger partial charge >= 0.3 is 0 Å². The van der Waals surface area contributed by atoms with E-state index < -0.39 is 11.7 Å². The van der Waals surface area contributed by atoms with Gasteiger partial charge in [-0.05, 0) is 44.0 Å². The van der Waals surface area contributed by atoms with Gasteiger partial charge in [-0.1, -0.05) is 30.3 Å². The van der Waals surface area contributed by atoms with Crippen LogP contribution in [0.4, 0.5) is 5.69 Å². The summed E-state index contributed by atoms with van der Waals surface area (Å²) >= 11 is 0. The minimum absolute atomic E-state index is 0.409. The molecule has 0 saturated carbocycles. The maximum absolute atomic E-state index is 13.0. The van der Waals surface area contributed by atoms with Crippen molar-refractivity contribution < 1.29 is 9.59 Å². The molecule has 3 aromatic rings. The number of hydrogen-bond acceptors (Lipinski definition) is 3. The molecule has 1 aromatic heterocycles. The number of amides is 1. The van der Waals surface area contributed by atoms with E-state index in [0.717, 1.165) is 29.7 Å². The molecule has 2 aromatic carbocycles. The van der Waals surface area contributed by atoms with E-state index >= 15 is 0 Å². The van der Waals surface area contributed by atoms with Crippen molar-refractivity contribution in [2.24, 2.45) is 0 Å². The summed E-state index contributed by atoms with van der Waals surface area (Å²) in [5, 5.41) is 0.812. The predicted octanol–water partition coefficient (Wildman–Crippen LogP) is 3.62. The number of fused-ring (bicyclic) bond motifs is 1. The van der Waals surface area contributed by atoms with Gasteiger partial charge < -0.3 is 14.8 Å². The Morgan fingerprint density at radius 2 is 1.61 bits per heavy atom. The fraction of sp³-hybridized carbons (Fsp3) is 0.304. The lowest BCUT2D eigenvalue weighted by molar-refractivity contribution is -0.126. The zero-order valence-corrected chi connectivity index (χ0v) is 16.6. The normalized spacial score (nSPS) is 14.5. The van der Waals surface area contributed by atoms with E-state index in [-0.39, 0.29) is 0 Å². The van der Waals surface area contributed by atoms with Gasteiger partial charge in [-0.25, -0.2) is 0 Å². The molecule has 1 N–H and O–H groups in total. The Balaban J connectivity index is 1.50. The molecular weight excluding hydrogens is 350 g/mol.